The van der Waals surface area contributed by atoms with E-state index < -0.39 is 5.60 Å². The molecule has 1 heterocycles. The van der Waals surface area contributed by atoms with E-state index in [0.29, 0.717) is 18.1 Å². The highest BCUT2D eigenvalue weighted by Crippen LogP contribution is 2.26. The molecule has 1 aromatic heterocycles. The summed E-state index contributed by atoms with van der Waals surface area (Å²) in [5.41, 5.74) is -0.830. The highest BCUT2D eigenvalue weighted by Gasteiger charge is 2.19. The number of thiazole rings is 1. The Kier molecular flexibility index (Phi) is 4.45. The van der Waals surface area contributed by atoms with E-state index >= 15 is 0 Å². The Bertz CT molecular complexity index is 548. The summed E-state index contributed by atoms with van der Waals surface area (Å²) in [5.74, 6) is 0.756. The van der Waals surface area contributed by atoms with E-state index in [9.17, 15) is 5.11 Å². The van der Waals surface area contributed by atoms with Gasteiger partial charge in [0.25, 0.3) is 0 Å². The van der Waals surface area contributed by atoms with E-state index in [2.05, 4.69) is 4.98 Å². The third-order valence-electron chi connectivity index (χ3n) is 2.54. The van der Waals surface area contributed by atoms with Crippen LogP contribution in [0, 0.1) is 0 Å². The molecule has 0 aliphatic carbocycles. The molecular formula is C14H16ClNO2S. The number of aromatic nitrogens is 1. The number of ether oxygens (including phenoxy) is 1. The molecule has 0 atom stereocenters. The Labute approximate surface area is 121 Å². The van der Waals surface area contributed by atoms with Gasteiger partial charge in [-0.2, -0.15) is 0 Å². The molecule has 2 aromatic rings. The second-order valence-electron chi connectivity index (χ2n) is 4.73. The lowest BCUT2D eigenvalue weighted by atomic mass is 10.1. The van der Waals surface area contributed by atoms with Crippen molar-refractivity contribution in [1.82, 2.24) is 4.98 Å². The average molecular weight is 298 g/mol. The van der Waals surface area contributed by atoms with Crippen molar-refractivity contribution in [3.05, 3.63) is 45.4 Å². The summed E-state index contributed by atoms with van der Waals surface area (Å²) >= 11 is 7.39. The zero-order valence-corrected chi connectivity index (χ0v) is 12.5. The number of benzene rings is 1. The SMILES string of the molecule is CC(C)(O)c1cnc(CCOc2cccc(Cl)c2)s1. The van der Waals surface area contributed by atoms with Gasteiger partial charge in [-0.3, -0.25) is 0 Å². The van der Waals surface area contributed by atoms with Crippen molar-refractivity contribution in [3.63, 3.8) is 0 Å². The van der Waals surface area contributed by atoms with Crippen molar-refractivity contribution in [2.24, 2.45) is 0 Å². The van der Waals surface area contributed by atoms with Gasteiger partial charge in [0.1, 0.15) is 5.75 Å². The molecule has 0 aliphatic rings. The summed E-state index contributed by atoms with van der Waals surface area (Å²) in [5, 5.41) is 11.5. The Morgan fingerprint density at radius 3 is 2.84 bits per heavy atom. The van der Waals surface area contributed by atoms with Gasteiger partial charge < -0.3 is 9.84 Å². The third kappa shape index (κ3) is 4.20. The fourth-order valence-electron chi connectivity index (χ4n) is 1.52. The second kappa shape index (κ2) is 5.90. The maximum Gasteiger partial charge on any atom is 0.120 e. The van der Waals surface area contributed by atoms with Crippen LogP contribution in [-0.4, -0.2) is 16.7 Å². The summed E-state index contributed by atoms with van der Waals surface area (Å²) < 4.78 is 5.61. The summed E-state index contributed by atoms with van der Waals surface area (Å²) in [4.78, 5) is 5.15. The smallest absolute Gasteiger partial charge is 0.120 e. The molecule has 0 fully saturated rings. The Morgan fingerprint density at radius 1 is 1.42 bits per heavy atom. The highest BCUT2D eigenvalue weighted by molar-refractivity contribution is 7.11. The lowest BCUT2D eigenvalue weighted by Crippen LogP contribution is -2.12. The Hall–Kier alpha value is -1.10. The summed E-state index contributed by atoms with van der Waals surface area (Å²) in [7, 11) is 0. The largest absolute Gasteiger partial charge is 0.493 e. The van der Waals surface area contributed by atoms with Gasteiger partial charge in [-0.05, 0) is 32.0 Å². The number of aliphatic hydroxyl groups is 1. The van der Waals surface area contributed by atoms with Crippen LogP contribution in [0.25, 0.3) is 0 Å². The van der Waals surface area contributed by atoms with Crippen molar-refractivity contribution in [2.45, 2.75) is 25.9 Å². The fourth-order valence-corrected chi connectivity index (χ4v) is 2.60. The molecular weight excluding hydrogens is 282 g/mol. The quantitative estimate of drug-likeness (QED) is 0.916. The van der Waals surface area contributed by atoms with Gasteiger partial charge in [0.15, 0.2) is 0 Å². The van der Waals surface area contributed by atoms with Crippen molar-refractivity contribution < 1.29 is 9.84 Å². The maximum atomic E-state index is 9.86. The zero-order chi connectivity index (χ0) is 13.9. The molecule has 0 aliphatic heterocycles. The lowest BCUT2D eigenvalue weighted by Gasteiger charge is -2.13. The van der Waals surface area contributed by atoms with E-state index in [-0.39, 0.29) is 0 Å². The van der Waals surface area contributed by atoms with Crippen LogP contribution in [0.1, 0.15) is 23.7 Å². The van der Waals surface area contributed by atoms with Crippen LogP contribution in [0.15, 0.2) is 30.5 Å². The van der Waals surface area contributed by atoms with Gasteiger partial charge in [-0.15, -0.1) is 11.3 Å². The van der Waals surface area contributed by atoms with Gasteiger partial charge in [-0.1, -0.05) is 17.7 Å². The van der Waals surface area contributed by atoms with Crippen LogP contribution < -0.4 is 4.74 Å². The topological polar surface area (TPSA) is 42.4 Å². The van der Waals surface area contributed by atoms with Gasteiger partial charge in [0.05, 0.1) is 22.1 Å². The van der Waals surface area contributed by atoms with Gasteiger partial charge in [0, 0.05) is 17.6 Å². The molecule has 0 amide bonds. The van der Waals surface area contributed by atoms with Crippen LogP contribution in [-0.2, 0) is 12.0 Å². The average Bonchev–Trinajstić information content (AvgIpc) is 2.77. The highest BCUT2D eigenvalue weighted by atomic mass is 35.5. The van der Waals surface area contributed by atoms with Crippen LogP contribution in [0.2, 0.25) is 5.02 Å². The minimum absolute atomic E-state index is 0.541. The van der Waals surface area contributed by atoms with E-state index in [0.717, 1.165) is 15.6 Å². The minimum Gasteiger partial charge on any atom is -0.493 e. The molecule has 5 heteroatoms. The summed E-state index contributed by atoms with van der Waals surface area (Å²) in [6, 6.07) is 7.32. The molecule has 102 valence electrons. The minimum atomic E-state index is -0.830. The first kappa shape index (κ1) is 14.3. The van der Waals surface area contributed by atoms with Crippen LogP contribution in [0.3, 0.4) is 0 Å². The summed E-state index contributed by atoms with van der Waals surface area (Å²) in [6.45, 7) is 4.05. The monoisotopic (exact) mass is 297 g/mol. The molecule has 0 spiro atoms. The van der Waals surface area contributed by atoms with Crippen LogP contribution in [0.4, 0.5) is 0 Å². The predicted octanol–water partition coefficient (Wildman–Crippen LogP) is 3.65. The zero-order valence-electron chi connectivity index (χ0n) is 10.9. The van der Waals surface area contributed by atoms with Crippen molar-refractivity contribution >= 4 is 22.9 Å². The number of nitrogens with zero attached hydrogens (tertiary/aromatic N) is 1. The van der Waals surface area contributed by atoms with Gasteiger partial charge >= 0.3 is 0 Å². The number of hydrogen-bond acceptors (Lipinski definition) is 4. The van der Waals surface area contributed by atoms with Crippen LogP contribution >= 0.6 is 22.9 Å². The molecule has 0 saturated heterocycles. The van der Waals surface area contributed by atoms with E-state index in [1.165, 1.54) is 11.3 Å². The standard InChI is InChI=1S/C14H16ClNO2S/c1-14(2,17)12-9-16-13(19-12)6-7-18-11-5-3-4-10(15)8-11/h3-5,8-9,17H,6-7H2,1-2H3. The van der Waals surface area contributed by atoms with Gasteiger partial charge in [-0.25, -0.2) is 4.98 Å². The maximum absolute atomic E-state index is 9.86. The van der Waals surface area contributed by atoms with E-state index in [1.807, 2.05) is 18.2 Å². The summed E-state index contributed by atoms with van der Waals surface area (Å²) in [6.07, 6.45) is 2.44. The first-order chi connectivity index (χ1) is 8.95. The lowest BCUT2D eigenvalue weighted by molar-refractivity contribution is 0.0823. The molecule has 19 heavy (non-hydrogen) atoms. The molecule has 3 nitrogen and oxygen atoms in total. The Balaban J connectivity index is 1.88. The third-order valence-corrected chi connectivity index (χ3v) is 4.14. The first-order valence-corrected chi connectivity index (χ1v) is 7.20. The van der Waals surface area contributed by atoms with Gasteiger partial charge in [0.2, 0.25) is 0 Å². The molecule has 0 unspecified atom stereocenters. The fraction of sp³-hybridized carbons (Fsp3) is 0.357. The van der Waals surface area contributed by atoms with Crippen LogP contribution in [0.5, 0.6) is 5.75 Å². The molecule has 1 aromatic carbocycles. The second-order valence-corrected chi connectivity index (χ2v) is 6.28. The molecule has 0 radical (unpaired) electrons. The Morgan fingerprint density at radius 2 is 2.21 bits per heavy atom. The normalized spacial score (nSPS) is 11.6. The van der Waals surface area contributed by atoms with Crippen molar-refractivity contribution in [3.8, 4) is 5.75 Å². The van der Waals surface area contributed by atoms with Crippen molar-refractivity contribution in [2.75, 3.05) is 6.61 Å². The molecule has 0 saturated carbocycles. The molecule has 1 N–H and O–H groups in total. The van der Waals surface area contributed by atoms with E-state index in [1.54, 1.807) is 26.1 Å². The predicted molar refractivity (Wildman–Crippen MR) is 78.0 cm³/mol. The molecule has 0 bridgehead atoms. The number of rotatable bonds is 5. The first-order valence-electron chi connectivity index (χ1n) is 6.01. The molecule has 2 rings (SSSR count). The number of hydrogen-bond donors (Lipinski definition) is 1. The van der Waals surface area contributed by atoms with Crippen molar-refractivity contribution in [1.29, 1.82) is 0 Å². The number of halogens is 1. The van der Waals surface area contributed by atoms with E-state index in [4.69, 9.17) is 16.3 Å².